The van der Waals surface area contributed by atoms with Gasteiger partial charge in [0.05, 0.1) is 4.92 Å². The number of carbonyl (C=O) groups excluding carboxylic acids is 1. The molecular weight excluding hydrogens is 216 g/mol. The third-order valence-electron chi connectivity index (χ3n) is 2.28. The molecule has 78 valence electrons. The smallest absolute Gasteiger partial charge is 0.293 e. The maximum atomic E-state index is 11.5. The van der Waals surface area contributed by atoms with Gasteiger partial charge in [0, 0.05) is 11.6 Å². The molecule has 0 spiro atoms. The summed E-state index contributed by atoms with van der Waals surface area (Å²) in [5, 5.41) is 12.9. The molecule has 1 aliphatic rings. The highest BCUT2D eigenvalue weighted by Gasteiger charge is 2.34. The van der Waals surface area contributed by atoms with Gasteiger partial charge in [-0.05, 0) is 6.26 Å². The van der Waals surface area contributed by atoms with Crippen molar-refractivity contribution in [3.8, 4) is 0 Å². The first-order valence-corrected chi connectivity index (χ1v) is 5.55. The summed E-state index contributed by atoms with van der Waals surface area (Å²) in [6.45, 7) is 0. The highest BCUT2D eigenvalue weighted by atomic mass is 32.2. The number of anilines is 1. The van der Waals surface area contributed by atoms with Crippen molar-refractivity contribution < 1.29 is 9.72 Å². The average Bonchev–Trinajstić information content (AvgIpc) is 2.52. The molecule has 5 nitrogen and oxygen atoms in total. The molecule has 0 aliphatic carbocycles. The minimum atomic E-state index is -0.484. The van der Waals surface area contributed by atoms with Crippen molar-refractivity contribution in [2.24, 2.45) is 0 Å². The van der Waals surface area contributed by atoms with E-state index in [1.165, 1.54) is 17.8 Å². The van der Waals surface area contributed by atoms with Crippen LogP contribution in [0.25, 0.3) is 0 Å². The van der Waals surface area contributed by atoms with E-state index >= 15 is 0 Å². The van der Waals surface area contributed by atoms with Gasteiger partial charge in [-0.3, -0.25) is 14.9 Å². The number of amides is 1. The molecule has 0 saturated heterocycles. The molecule has 1 N–H and O–H groups in total. The summed E-state index contributed by atoms with van der Waals surface area (Å²) in [5.74, 6) is -0.188. The van der Waals surface area contributed by atoms with Gasteiger partial charge in [0.25, 0.3) is 5.69 Å². The molecule has 1 amide bonds. The maximum Gasteiger partial charge on any atom is 0.293 e. The van der Waals surface area contributed by atoms with Crippen LogP contribution < -0.4 is 5.32 Å². The number of nitrogens with zero attached hydrogens (tertiary/aromatic N) is 1. The van der Waals surface area contributed by atoms with E-state index in [2.05, 4.69) is 5.32 Å². The van der Waals surface area contributed by atoms with E-state index in [-0.39, 0.29) is 16.8 Å². The van der Waals surface area contributed by atoms with Crippen LogP contribution in [0.15, 0.2) is 18.2 Å². The molecule has 1 aromatic carbocycles. The topological polar surface area (TPSA) is 72.2 Å². The van der Waals surface area contributed by atoms with Gasteiger partial charge in [-0.15, -0.1) is 11.8 Å². The summed E-state index contributed by atoms with van der Waals surface area (Å²) in [5.41, 5.74) is 0.992. The zero-order valence-electron chi connectivity index (χ0n) is 7.89. The van der Waals surface area contributed by atoms with Gasteiger partial charge in [-0.25, -0.2) is 0 Å². The molecule has 0 aromatic heterocycles. The fourth-order valence-corrected chi connectivity index (χ4v) is 2.35. The second kappa shape index (κ2) is 3.54. The Labute approximate surface area is 90.0 Å². The molecule has 1 aromatic rings. The Morgan fingerprint density at radius 2 is 2.27 bits per heavy atom. The Balaban J connectivity index is 2.57. The Kier molecular flexibility index (Phi) is 2.36. The van der Waals surface area contributed by atoms with Crippen molar-refractivity contribution in [2.45, 2.75) is 5.25 Å². The average molecular weight is 224 g/mol. The number of nitro benzene ring substituents is 1. The largest absolute Gasteiger partial charge is 0.319 e. The van der Waals surface area contributed by atoms with Crippen LogP contribution in [0.4, 0.5) is 11.4 Å². The number of nitro groups is 1. The Morgan fingerprint density at radius 3 is 2.87 bits per heavy atom. The first-order valence-electron chi connectivity index (χ1n) is 4.26. The SMILES string of the molecule is CS[C@@H]1C(=O)Nc2c1cccc2[N+](=O)[O-]. The summed E-state index contributed by atoms with van der Waals surface area (Å²) in [4.78, 5) is 21.7. The third kappa shape index (κ3) is 1.46. The lowest BCUT2D eigenvalue weighted by molar-refractivity contribution is -0.383. The minimum Gasteiger partial charge on any atom is -0.319 e. The quantitative estimate of drug-likeness (QED) is 0.615. The van der Waals surface area contributed by atoms with E-state index in [9.17, 15) is 14.9 Å². The highest BCUT2D eigenvalue weighted by molar-refractivity contribution is 7.99. The summed E-state index contributed by atoms with van der Waals surface area (Å²) < 4.78 is 0. The zero-order valence-corrected chi connectivity index (χ0v) is 8.71. The first-order chi connectivity index (χ1) is 7.15. The van der Waals surface area contributed by atoms with E-state index in [1.807, 2.05) is 0 Å². The number of fused-ring (bicyclic) bond motifs is 1. The van der Waals surface area contributed by atoms with Crippen molar-refractivity contribution in [3.05, 3.63) is 33.9 Å². The second-order valence-electron chi connectivity index (χ2n) is 3.10. The number of hydrogen-bond acceptors (Lipinski definition) is 4. The molecule has 0 saturated carbocycles. The van der Waals surface area contributed by atoms with Crippen LogP contribution in [0.2, 0.25) is 0 Å². The van der Waals surface area contributed by atoms with E-state index in [0.717, 1.165) is 0 Å². The minimum absolute atomic E-state index is 0.0441. The fraction of sp³-hybridized carbons (Fsp3) is 0.222. The molecule has 15 heavy (non-hydrogen) atoms. The second-order valence-corrected chi connectivity index (χ2v) is 4.05. The summed E-state index contributed by atoms with van der Waals surface area (Å²) >= 11 is 1.37. The lowest BCUT2D eigenvalue weighted by Crippen LogP contribution is -2.08. The molecule has 0 fully saturated rings. The molecule has 1 aliphatic heterocycles. The molecule has 0 unspecified atom stereocenters. The number of nitrogens with one attached hydrogen (secondary N) is 1. The van der Waals surface area contributed by atoms with Crippen molar-refractivity contribution >= 4 is 29.0 Å². The monoisotopic (exact) mass is 224 g/mol. The van der Waals surface area contributed by atoms with Crippen LogP contribution >= 0.6 is 11.8 Å². The van der Waals surface area contributed by atoms with Gasteiger partial charge in [0.2, 0.25) is 5.91 Å². The zero-order chi connectivity index (χ0) is 11.0. The van der Waals surface area contributed by atoms with Crippen LogP contribution in [0.3, 0.4) is 0 Å². The summed E-state index contributed by atoms with van der Waals surface area (Å²) in [7, 11) is 0. The number of thioether (sulfide) groups is 1. The normalized spacial score (nSPS) is 18.5. The molecule has 1 atom stereocenters. The van der Waals surface area contributed by atoms with Gasteiger partial charge < -0.3 is 5.32 Å². The van der Waals surface area contributed by atoms with Crippen molar-refractivity contribution in [1.82, 2.24) is 0 Å². The lowest BCUT2D eigenvalue weighted by Gasteiger charge is -2.03. The lowest BCUT2D eigenvalue weighted by atomic mass is 10.1. The van der Waals surface area contributed by atoms with Crippen LogP contribution in [0, 0.1) is 10.1 Å². The standard InChI is InChI=1S/C9H8N2O3S/c1-15-8-5-3-2-4-6(11(13)14)7(5)10-9(8)12/h2-4,8H,1H3,(H,10,12)/t8-/m0/s1. The van der Waals surface area contributed by atoms with Gasteiger partial charge in [-0.2, -0.15) is 0 Å². The number of para-hydroxylation sites is 1. The van der Waals surface area contributed by atoms with Crippen LogP contribution in [0.1, 0.15) is 10.8 Å². The Morgan fingerprint density at radius 1 is 1.53 bits per heavy atom. The highest BCUT2D eigenvalue weighted by Crippen LogP contribution is 2.43. The molecule has 1 heterocycles. The molecular formula is C9H8N2O3S. The van der Waals surface area contributed by atoms with Crippen molar-refractivity contribution in [1.29, 1.82) is 0 Å². The summed E-state index contributed by atoms with van der Waals surface area (Å²) in [6, 6.07) is 4.73. The van der Waals surface area contributed by atoms with Crippen LogP contribution in [0.5, 0.6) is 0 Å². The Hall–Kier alpha value is -1.56. The number of hydrogen-bond donors (Lipinski definition) is 1. The number of rotatable bonds is 2. The number of carbonyl (C=O) groups is 1. The molecule has 6 heteroatoms. The van der Waals surface area contributed by atoms with Gasteiger partial charge in [0.1, 0.15) is 10.9 Å². The predicted octanol–water partition coefficient (Wildman–Crippen LogP) is 1.95. The molecule has 2 rings (SSSR count). The van der Waals surface area contributed by atoms with E-state index in [0.29, 0.717) is 11.3 Å². The van der Waals surface area contributed by atoms with Gasteiger partial charge in [0.15, 0.2) is 0 Å². The van der Waals surface area contributed by atoms with Crippen molar-refractivity contribution in [2.75, 3.05) is 11.6 Å². The Bertz CT molecular complexity index is 447. The fourth-order valence-electron chi connectivity index (χ4n) is 1.63. The van der Waals surface area contributed by atoms with E-state index in [4.69, 9.17) is 0 Å². The van der Waals surface area contributed by atoms with Crippen molar-refractivity contribution in [3.63, 3.8) is 0 Å². The summed E-state index contributed by atoms with van der Waals surface area (Å²) in [6.07, 6.45) is 1.80. The third-order valence-corrected chi connectivity index (χ3v) is 3.22. The first kappa shape index (κ1) is 9.97. The van der Waals surface area contributed by atoms with E-state index < -0.39 is 4.92 Å². The van der Waals surface area contributed by atoms with E-state index in [1.54, 1.807) is 18.4 Å². The maximum absolute atomic E-state index is 11.5. The van der Waals surface area contributed by atoms with Crippen LogP contribution in [-0.4, -0.2) is 17.1 Å². The number of benzene rings is 1. The van der Waals surface area contributed by atoms with Gasteiger partial charge >= 0.3 is 0 Å². The molecule has 0 radical (unpaired) electrons. The predicted molar refractivity (Wildman–Crippen MR) is 58.0 cm³/mol. The van der Waals surface area contributed by atoms with Gasteiger partial charge in [-0.1, -0.05) is 12.1 Å². The molecule has 0 bridgehead atoms. The van der Waals surface area contributed by atoms with Crippen LogP contribution in [-0.2, 0) is 4.79 Å².